The third-order valence-corrected chi connectivity index (χ3v) is 4.01. The van der Waals surface area contributed by atoms with Gasteiger partial charge in [0.05, 0.1) is 31.5 Å². The molecule has 2 aliphatic rings. The van der Waals surface area contributed by atoms with Gasteiger partial charge >= 0.3 is 0 Å². The van der Waals surface area contributed by atoms with Crippen molar-refractivity contribution in [2.24, 2.45) is 5.92 Å². The van der Waals surface area contributed by atoms with Crippen molar-refractivity contribution in [3.8, 4) is 0 Å². The first-order valence-corrected chi connectivity index (χ1v) is 7.01. The van der Waals surface area contributed by atoms with E-state index in [0.29, 0.717) is 13.0 Å². The van der Waals surface area contributed by atoms with Gasteiger partial charge in [0, 0.05) is 12.3 Å². The third-order valence-electron chi connectivity index (χ3n) is 4.01. The van der Waals surface area contributed by atoms with Crippen molar-refractivity contribution < 1.29 is 34.6 Å². The lowest BCUT2D eigenvalue weighted by atomic mass is 9.97. The molecule has 8 unspecified atom stereocenters. The van der Waals surface area contributed by atoms with Gasteiger partial charge in [-0.05, 0) is 6.92 Å². The van der Waals surface area contributed by atoms with Crippen LogP contribution in [0.5, 0.6) is 0 Å². The monoisotopic (exact) mass is 308 g/mol. The van der Waals surface area contributed by atoms with Gasteiger partial charge < -0.3 is 34.6 Å². The second-order valence-corrected chi connectivity index (χ2v) is 5.75. The summed E-state index contributed by atoms with van der Waals surface area (Å²) in [5.41, 5.74) is 0. The zero-order valence-electron chi connectivity index (χ0n) is 11.8. The molecule has 4 N–H and O–H groups in total. The lowest BCUT2D eigenvalue weighted by Crippen LogP contribution is -2.57. The van der Waals surface area contributed by atoms with Crippen LogP contribution in [0.15, 0.2) is 0 Å². The highest BCUT2D eigenvalue weighted by molar-refractivity contribution is 4.87. The Kier molecular flexibility index (Phi) is 6.99. The van der Waals surface area contributed by atoms with Crippen molar-refractivity contribution in [1.82, 2.24) is 0 Å². The summed E-state index contributed by atoms with van der Waals surface area (Å²) < 4.78 is 16.3. The second kappa shape index (κ2) is 7.82. The Morgan fingerprint density at radius 3 is 2.33 bits per heavy atom. The van der Waals surface area contributed by atoms with E-state index in [-0.39, 0.29) is 26.1 Å². The van der Waals surface area contributed by atoms with E-state index >= 15 is 0 Å². The highest BCUT2D eigenvalue weighted by Gasteiger charge is 2.42. The average Bonchev–Trinajstić information content (AvgIpc) is 2.42. The molecule has 0 amide bonds. The van der Waals surface area contributed by atoms with Crippen LogP contribution in [-0.4, -0.2) is 76.6 Å². The molecule has 0 saturated carbocycles. The first kappa shape index (κ1) is 18.8. The van der Waals surface area contributed by atoms with E-state index in [0.717, 1.165) is 0 Å². The fraction of sp³-hybridized carbons (Fsp3) is 1.00. The summed E-state index contributed by atoms with van der Waals surface area (Å²) in [5, 5.41) is 38.8. The maximum absolute atomic E-state index is 9.80. The summed E-state index contributed by atoms with van der Waals surface area (Å²) in [6, 6.07) is 0. The molecular weight excluding hydrogens is 280 g/mol. The van der Waals surface area contributed by atoms with Crippen LogP contribution in [0.4, 0.5) is 0 Å². The topological polar surface area (TPSA) is 109 Å². The van der Waals surface area contributed by atoms with Gasteiger partial charge in [-0.25, -0.2) is 0 Å². The maximum Gasteiger partial charge on any atom is 0.186 e. The van der Waals surface area contributed by atoms with Crippen LogP contribution in [0.2, 0.25) is 0 Å². The van der Waals surface area contributed by atoms with E-state index in [1.54, 1.807) is 6.92 Å². The molecule has 2 rings (SSSR count). The molecule has 0 aromatic rings. The largest absolute Gasteiger partial charge is 0.393 e. The molecule has 8 atom stereocenters. The fourth-order valence-electron chi connectivity index (χ4n) is 2.44. The Bertz CT molecular complexity index is 314. The van der Waals surface area contributed by atoms with Gasteiger partial charge in [0.15, 0.2) is 6.29 Å². The number of rotatable bonds is 3. The minimum atomic E-state index is -1.31. The Morgan fingerprint density at radius 1 is 1.05 bits per heavy atom. The molecule has 2 saturated heterocycles. The van der Waals surface area contributed by atoms with Crippen molar-refractivity contribution in [2.75, 3.05) is 13.2 Å². The van der Waals surface area contributed by atoms with E-state index in [4.69, 9.17) is 14.2 Å². The summed E-state index contributed by atoms with van der Waals surface area (Å²) in [5.74, 6) is 0.0970. The van der Waals surface area contributed by atoms with E-state index in [9.17, 15) is 20.4 Å². The van der Waals surface area contributed by atoms with E-state index < -0.39 is 36.8 Å². The second-order valence-electron chi connectivity index (χ2n) is 5.75. The normalized spacial score (nSPS) is 47.7. The van der Waals surface area contributed by atoms with Crippen LogP contribution in [0.1, 0.15) is 27.7 Å². The molecule has 0 aromatic carbocycles. The predicted octanol–water partition coefficient (Wildman–Crippen LogP) is -0.747. The maximum atomic E-state index is 9.80. The average molecular weight is 308 g/mol. The highest BCUT2D eigenvalue weighted by Crippen LogP contribution is 2.24. The third kappa shape index (κ3) is 4.35. The molecule has 126 valence electrons. The summed E-state index contributed by atoms with van der Waals surface area (Å²) >= 11 is 0. The SMILES string of the molecule is C.CC1COC(COC2OC(C)C(O)C(O)C2O)CC1O. The van der Waals surface area contributed by atoms with Crippen LogP contribution in [0, 0.1) is 5.92 Å². The van der Waals surface area contributed by atoms with Crippen molar-refractivity contribution >= 4 is 0 Å². The van der Waals surface area contributed by atoms with Gasteiger partial charge in [0.1, 0.15) is 18.3 Å². The minimum absolute atomic E-state index is 0. The zero-order valence-corrected chi connectivity index (χ0v) is 11.8. The Labute approximate surface area is 125 Å². The van der Waals surface area contributed by atoms with Gasteiger partial charge in [0.2, 0.25) is 0 Å². The number of aliphatic hydroxyl groups is 4. The molecule has 21 heavy (non-hydrogen) atoms. The van der Waals surface area contributed by atoms with Crippen LogP contribution < -0.4 is 0 Å². The van der Waals surface area contributed by atoms with Crippen molar-refractivity contribution in [1.29, 1.82) is 0 Å². The Morgan fingerprint density at radius 2 is 1.71 bits per heavy atom. The minimum Gasteiger partial charge on any atom is -0.393 e. The van der Waals surface area contributed by atoms with E-state index in [2.05, 4.69) is 0 Å². The van der Waals surface area contributed by atoms with Crippen molar-refractivity contribution in [3.63, 3.8) is 0 Å². The Hall–Kier alpha value is -0.280. The molecule has 7 heteroatoms. The first-order valence-electron chi connectivity index (χ1n) is 7.01. The summed E-state index contributed by atoms with van der Waals surface area (Å²) in [6.07, 6.45) is -5.63. The van der Waals surface area contributed by atoms with E-state index in [1.807, 2.05) is 6.92 Å². The molecule has 0 aromatic heterocycles. The zero-order chi connectivity index (χ0) is 14.9. The number of aliphatic hydroxyl groups excluding tert-OH is 4. The molecule has 2 heterocycles. The smallest absolute Gasteiger partial charge is 0.186 e. The van der Waals surface area contributed by atoms with Gasteiger partial charge in [0.25, 0.3) is 0 Å². The highest BCUT2D eigenvalue weighted by atomic mass is 16.7. The van der Waals surface area contributed by atoms with Gasteiger partial charge in [-0.15, -0.1) is 0 Å². The van der Waals surface area contributed by atoms with E-state index in [1.165, 1.54) is 0 Å². The summed E-state index contributed by atoms with van der Waals surface area (Å²) in [7, 11) is 0. The lowest BCUT2D eigenvalue weighted by Gasteiger charge is -2.40. The molecule has 2 fully saturated rings. The van der Waals surface area contributed by atoms with Crippen LogP contribution in [0.25, 0.3) is 0 Å². The summed E-state index contributed by atoms with van der Waals surface area (Å²) in [6.45, 7) is 4.12. The molecule has 0 radical (unpaired) electrons. The van der Waals surface area contributed by atoms with Gasteiger partial charge in [-0.2, -0.15) is 0 Å². The van der Waals surface area contributed by atoms with Crippen LogP contribution in [0.3, 0.4) is 0 Å². The van der Waals surface area contributed by atoms with Gasteiger partial charge in [-0.3, -0.25) is 0 Å². The fourth-order valence-corrected chi connectivity index (χ4v) is 2.44. The number of ether oxygens (including phenoxy) is 3. The van der Waals surface area contributed by atoms with Crippen LogP contribution in [-0.2, 0) is 14.2 Å². The molecule has 2 aliphatic heterocycles. The Balaban J connectivity index is 0.00000220. The number of hydrogen-bond donors (Lipinski definition) is 4. The van der Waals surface area contributed by atoms with Crippen molar-refractivity contribution in [2.45, 2.75) is 70.6 Å². The molecule has 0 aliphatic carbocycles. The predicted molar refractivity (Wildman–Crippen MR) is 74.6 cm³/mol. The van der Waals surface area contributed by atoms with Crippen LogP contribution >= 0.6 is 0 Å². The number of hydrogen-bond acceptors (Lipinski definition) is 7. The van der Waals surface area contributed by atoms with Gasteiger partial charge in [-0.1, -0.05) is 14.4 Å². The quantitative estimate of drug-likeness (QED) is 0.543. The molecule has 7 nitrogen and oxygen atoms in total. The first-order chi connectivity index (χ1) is 9.40. The lowest BCUT2D eigenvalue weighted by molar-refractivity contribution is -0.299. The molecule has 0 bridgehead atoms. The molecular formula is C14H28O7. The van der Waals surface area contributed by atoms with Crippen molar-refractivity contribution in [3.05, 3.63) is 0 Å². The standard InChI is InChI=1S/C13H24O7.CH4/c1-6-4-18-8(3-9(6)14)5-19-13-12(17)11(16)10(15)7(2)20-13;/h6-17H,3-5H2,1-2H3;1H4. The summed E-state index contributed by atoms with van der Waals surface area (Å²) in [4.78, 5) is 0. The molecule has 0 spiro atoms.